The maximum Gasteiger partial charge on any atom is 0.191 e. The molecule has 6 heteroatoms. The summed E-state index contributed by atoms with van der Waals surface area (Å²) in [6.45, 7) is 3.53. The number of aliphatic hydroxyl groups is 1. The molecule has 0 amide bonds. The van der Waals surface area contributed by atoms with Crippen LogP contribution in [0.25, 0.3) is 0 Å². The lowest BCUT2D eigenvalue weighted by Crippen LogP contribution is -2.38. The molecule has 0 unspecified atom stereocenters. The summed E-state index contributed by atoms with van der Waals surface area (Å²) in [5.41, 5.74) is 2.26. The Morgan fingerprint density at radius 2 is 1.96 bits per heavy atom. The van der Waals surface area contributed by atoms with Gasteiger partial charge in [-0.25, -0.2) is 9.38 Å². The first-order valence-corrected chi connectivity index (χ1v) is 8.70. The highest BCUT2D eigenvalue weighted by atomic mass is 19.1. The van der Waals surface area contributed by atoms with Gasteiger partial charge in [-0.1, -0.05) is 24.3 Å². The normalized spacial score (nSPS) is 11.3. The van der Waals surface area contributed by atoms with Crippen LogP contribution in [0.3, 0.4) is 0 Å². The topological polar surface area (TPSA) is 65.9 Å². The number of nitrogens with one attached hydrogen (secondary N) is 2. The van der Waals surface area contributed by atoms with Crippen LogP contribution in [0.15, 0.2) is 47.5 Å². The smallest absolute Gasteiger partial charge is 0.191 e. The van der Waals surface area contributed by atoms with E-state index in [2.05, 4.69) is 15.6 Å². The second kappa shape index (κ2) is 10.4. The molecular formula is C20H26FN3O2. The first-order valence-electron chi connectivity index (χ1n) is 8.70. The average molecular weight is 359 g/mol. The lowest BCUT2D eigenvalue weighted by molar-refractivity contribution is 0.275. The molecule has 0 aromatic heterocycles. The minimum atomic E-state index is -0.401. The molecule has 5 nitrogen and oxygen atoms in total. The van der Waals surface area contributed by atoms with Crippen LogP contribution in [0, 0.1) is 5.82 Å². The summed E-state index contributed by atoms with van der Waals surface area (Å²) in [4.78, 5) is 4.52. The van der Waals surface area contributed by atoms with Gasteiger partial charge >= 0.3 is 0 Å². The maximum absolute atomic E-state index is 13.4. The number of ether oxygens (including phenoxy) is 1. The molecule has 0 saturated heterocycles. The second-order valence-electron chi connectivity index (χ2n) is 5.77. The number of nitrogens with zero attached hydrogens (tertiary/aromatic N) is 1. The number of methoxy groups -OCH3 is 1. The van der Waals surface area contributed by atoms with Crippen LogP contribution in [0.1, 0.15) is 23.6 Å². The Bertz CT molecular complexity index is 735. The van der Waals surface area contributed by atoms with E-state index in [1.54, 1.807) is 19.2 Å². The van der Waals surface area contributed by atoms with Gasteiger partial charge in [0.15, 0.2) is 5.96 Å². The Morgan fingerprint density at radius 3 is 2.69 bits per heavy atom. The van der Waals surface area contributed by atoms with Crippen molar-refractivity contribution in [2.24, 2.45) is 4.99 Å². The lowest BCUT2D eigenvalue weighted by atomic mass is 10.1. The summed E-state index contributed by atoms with van der Waals surface area (Å²) in [5.74, 6) is 1.17. The molecule has 0 fully saturated rings. The number of rotatable bonds is 8. The molecule has 0 aliphatic carbocycles. The minimum absolute atomic E-state index is 0.284. The van der Waals surface area contributed by atoms with Crippen LogP contribution < -0.4 is 15.4 Å². The van der Waals surface area contributed by atoms with Gasteiger partial charge < -0.3 is 20.5 Å². The fraction of sp³-hybridized carbons (Fsp3) is 0.350. The van der Waals surface area contributed by atoms with Crippen LogP contribution >= 0.6 is 0 Å². The fourth-order valence-electron chi connectivity index (χ4n) is 2.58. The third kappa shape index (κ3) is 5.74. The molecule has 0 heterocycles. The first-order chi connectivity index (χ1) is 12.7. The van der Waals surface area contributed by atoms with E-state index in [-0.39, 0.29) is 12.2 Å². The van der Waals surface area contributed by atoms with Gasteiger partial charge in [0.2, 0.25) is 0 Å². The lowest BCUT2D eigenvalue weighted by Gasteiger charge is -2.13. The van der Waals surface area contributed by atoms with Crippen molar-refractivity contribution in [1.82, 2.24) is 10.6 Å². The monoisotopic (exact) mass is 359 g/mol. The summed E-state index contributed by atoms with van der Waals surface area (Å²) in [6.07, 6.45) is 0.805. The zero-order valence-corrected chi connectivity index (χ0v) is 15.3. The van der Waals surface area contributed by atoms with Gasteiger partial charge in [-0.2, -0.15) is 0 Å². The van der Waals surface area contributed by atoms with Gasteiger partial charge in [-0.05, 0) is 42.7 Å². The number of aliphatic hydroxyl groups excluding tert-OH is 1. The van der Waals surface area contributed by atoms with E-state index in [0.717, 1.165) is 29.8 Å². The molecule has 26 heavy (non-hydrogen) atoms. The molecular weight excluding hydrogens is 333 g/mol. The largest absolute Gasteiger partial charge is 0.496 e. The highest BCUT2D eigenvalue weighted by molar-refractivity contribution is 5.79. The van der Waals surface area contributed by atoms with Gasteiger partial charge in [0.05, 0.1) is 20.3 Å². The van der Waals surface area contributed by atoms with Gasteiger partial charge in [-0.3, -0.25) is 0 Å². The maximum atomic E-state index is 13.4. The summed E-state index contributed by atoms with van der Waals surface area (Å²) < 4.78 is 18.8. The second-order valence-corrected chi connectivity index (χ2v) is 5.77. The fourth-order valence-corrected chi connectivity index (χ4v) is 2.58. The Hall–Kier alpha value is -2.60. The Kier molecular flexibility index (Phi) is 7.89. The van der Waals surface area contributed by atoms with Gasteiger partial charge in [-0.15, -0.1) is 0 Å². The molecule has 0 bridgehead atoms. The van der Waals surface area contributed by atoms with Gasteiger partial charge in [0, 0.05) is 18.7 Å². The molecule has 3 N–H and O–H groups in total. The highest BCUT2D eigenvalue weighted by Crippen LogP contribution is 2.17. The third-order valence-electron chi connectivity index (χ3n) is 3.92. The van der Waals surface area contributed by atoms with E-state index in [9.17, 15) is 4.39 Å². The van der Waals surface area contributed by atoms with Crippen molar-refractivity contribution in [3.8, 4) is 5.75 Å². The van der Waals surface area contributed by atoms with Crippen LogP contribution in [0.2, 0.25) is 0 Å². The van der Waals surface area contributed by atoms with Crippen molar-refractivity contribution >= 4 is 5.96 Å². The van der Waals surface area contributed by atoms with Crippen molar-refractivity contribution in [3.63, 3.8) is 0 Å². The van der Waals surface area contributed by atoms with E-state index in [1.165, 1.54) is 6.07 Å². The number of guanidine groups is 1. The van der Waals surface area contributed by atoms with Gasteiger partial charge in [0.1, 0.15) is 11.6 Å². The van der Waals surface area contributed by atoms with E-state index >= 15 is 0 Å². The van der Waals surface area contributed by atoms with E-state index in [1.807, 2.05) is 31.2 Å². The van der Waals surface area contributed by atoms with E-state index in [4.69, 9.17) is 9.84 Å². The zero-order chi connectivity index (χ0) is 18.8. The molecule has 0 radical (unpaired) electrons. The predicted octanol–water partition coefficient (Wildman–Crippen LogP) is 2.62. The molecule has 2 rings (SSSR count). The zero-order valence-electron chi connectivity index (χ0n) is 15.3. The SMILES string of the molecule is CCNC(=NCc1ccc(F)c(CO)c1)NCCc1ccccc1OC. The van der Waals surface area contributed by atoms with Crippen LogP contribution in [-0.2, 0) is 19.6 Å². The van der Waals surface area contributed by atoms with Gasteiger partial charge in [0.25, 0.3) is 0 Å². The molecule has 0 spiro atoms. The predicted molar refractivity (Wildman–Crippen MR) is 102 cm³/mol. The highest BCUT2D eigenvalue weighted by Gasteiger charge is 2.04. The molecule has 140 valence electrons. The Balaban J connectivity index is 1.96. The summed E-state index contributed by atoms with van der Waals surface area (Å²) in [6, 6.07) is 12.6. The molecule has 0 aliphatic rings. The van der Waals surface area contributed by atoms with Crippen molar-refractivity contribution < 1.29 is 14.2 Å². The number of aliphatic imine (C=N–C) groups is 1. The Morgan fingerprint density at radius 1 is 1.15 bits per heavy atom. The standard InChI is InChI=1S/C20H26FN3O2/c1-3-22-20(23-11-10-16-6-4-5-7-19(16)26-2)24-13-15-8-9-18(21)17(12-15)14-25/h4-9,12,25H,3,10-11,13-14H2,1-2H3,(H2,22,23,24). The number of benzene rings is 2. The minimum Gasteiger partial charge on any atom is -0.496 e. The number of para-hydroxylation sites is 1. The van der Waals surface area contributed by atoms with Crippen LogP contribution in [-0.4, -0.2) is 31.3 Å². The quantitative estimate of drug-likeness (QED) is 0.501. The molecule has 0 saturated carbocycles. The summed E-state index contributed by atoms with van der Waals surface area (Å²) in [7, 11) is 1.67. The molecule has 0 aliphatic heterocycles. The number of halogens is 1. The molecule has 0 atom stereocenters. The van der Waals surface area contributed by atoms with Crippen molar-refractivity contribution in [3.05, 3.63) is 65.0 Å². The number of hydrogen-bond acceptors (Lipinski definition) is 3. The molecule has 2 aromatic rings. The van der Waals surface area contributed by atoms with Crippen molar-refractivity contribution in [2.45, 2.75) is 26.5 Å². The van der Waals surface area contributed by atoms with E-state index in [0.29, 0.717) is 19.0 Å². The third-order valence-corrected chi connectivity index (χ3v) is 3.92. The van der Waals surface area contributed by atoms with Crippen LogP contribution in [0.4, 0.5) is 4.39 Å². The van der Waals surface area contributed by atoms with Crippen molar-refractivity contribution in [1.29, 1.82) is 0 Å². The van der Waals surface area contributed by atoms with E-state index < -0.39 is 5.82 Å². The molecule has 2 aromatic carbocycles. The average Bonchev–Trinajstić information content (AvgIpc) is 2.67. The van der Waals surface area contributed by atoms with Crippen LogP contribution in [0.5, 0.6) is 5.75 Å². The number of hydrogen-bond donors (Lipinski definition) is 3. The Labute approximate surface area is 153 Å². The summed E-state index contributed by atoms with van der Waals surface area (Å²) >= 11 is 0. The first kappa shape index (κ1) is 19.7. The summed E-state index contributed by atoms with van der Waals surface area (Å²) in [5, 5.41) is 15.6. The van der Waals surface area contributed by atoms with Crippen molar-refractivity contribution in [2.75, 3.05) is 20.2 Å².